The van der Waals surface area contributed by atoms with Crippen LogP contribution in [0.3, 0.4) is 0 Å². The second-order valence-electron chi connectivity index (χ2n) is 7.44. The third-order valence-electron chi connectivity index (χ3n) is 5.85. The molecule has 0 aromatic rings. The third kappa shape index (κ3) is 4.45. The number of unbranched alkanes of at least 4 members (excludes halogenated alkanes) is 1. The molecule has 21 heavy (non-hydrogen) atoms. The van der Waals surface area contributed by atoms with Crippen LogP contribution in [0.25, 0.3) is 0 Å². The normalized spacial score (nSPS) is 28.2. The summed E-state index contributed by atoms with van der Waals surface area (Å²) >= 11 is 0. The fraction of sp³-hybridized carbons (Fsp3) is 0.944. The highest BCUT2D eigenvalue weighted by atomic mass is 16.5. The maximum atomic E-state index is 12.1. The van der Waals surface area contributed by atoms with Crippen molar-refractivity contribution in [1.29, 1.82) is 0 Å². The first-order chi connectivity index (χ1) is 9.80. The Labute approximate surface area is 130 Å². The van der Waals surface area contributed by atoms with Crippen LogP contribution in [0.15, 0.2) is 0 Å². The minimum Gasteiger partial charge on any atom is -0.469 e. The number of methoxy groups -OCH3 is 1. The maximum Gasteiger partial charge on any atom is 0.311 e. The summed E-state index contributed by atoms with van der Waals surface area (Å²) in [5.41, 5.74) is -0.534. The number of carbonyl (C=O) groups excluding carboxylic acids is 1. The highest BCUT2D eigenvalue weighted by molar-refractivity contribution is 5.73. The molecule has 124 valence electrons. The van der Waals surface area contributed by atoms with Crippen molar-refractivity contribution in [2.75, 3.05) is 7.11 Å². The summed E-state index contributed by atoms with van der Waals surface area (Å²) in [6, 6.07) is 0. The molecule has 0 bridgehead atoms. The van der Waals surface area contributed by atoms with E-state index in [-0.39, 0.29) is 11.9 Å². The lowest BCUT2D eigenvalue weighted by Crippen LogP contribution is -2.47. The van der Waals surface area contributed by atoms with E-state index in [1.54, 1.807) is 0 Å². The van der Waals surface area contributed by atoms with Gasteiger partial charge in [0.2, 0.25) is 0 Å². The summed E-state index contributed by atoms with van der Waals surface area (Å²) < 4.78 is 4.94. The van der Waals surface area contributed by atoms with E-state index in [2.05, 4.69) is 27.7 Å². The van der Waals surface area contributed by atoms with Crippen LogP contribution in [-0.4, -0.2) is 23.8 Å². The van der Waals surface area contributed by atoms with Gasteiger partial charge < -0.3 is 9.84 Å². The van der Waals surface area contributed by atoms with Crippen LogP contribution in [0, 0.1) is 17.3 Å². The molecular weight excluding hydrogens is 264 g/mol. The zero-order chi connectivity index (χ0) is 16.1. The quantitative estimate of drug-likeness (QED) is 0.712. The molecule has 0 aromatic carbocycles. The van der Waals surface area contributed by atoms with Crippen LogP contribution in [0.2, 0.25) is 0 Å². The molecule has 0 amide bonds. The summed E-state index contributed by atoms with van der Waals surface area (Å²) in [5, 5.41) is 11.0. The van der Waals surface area contributed by atoms with Gasteiger partial charge >= 0.3 is 5.97 Å². The molecule has 3 nitrogen and oxygen atoms in total. The van der Waals surface area contributed by atoms with Crippen molar-refractivity contribution >= 4 is 5.97 Å². The van der Waals surface area contributed by atoms with Gasteiger partial charge in [-0.05, 0) is 43.4 Å². The van der Waals surface area contributed by atoms with Crippen molar-refractivity contribution in [1.82, 2.24) is 0 Å². The Balaban J connectivity index is 2.75. The predicted molar refractivity (Wildman–Crippen MR) is 86.0 cm³/mol. The highest BCUT2D eigenvalue weighted by Crippen LogP contribution is 2.46. The summed E-state index contributed by atoms with van der Waals surface area (Å²) in [4.78, 5) is 12.1. The van der Waals surface area contributed by atoms with Crippen molar-refractivity contribution in [2.45, 2.75) is 84.7 Å². The van der Waals surface area contributed by atoms with E-state index in [1.807, 2.05) is 0 Å². The van der Waals surface area contributed by atoms with Gasteiger partial charge in [0.05, 0.1) is 18.6 Å². The fourth-order valence-corrected chi connectivity index (χ4v) is 3.69. The van der Waals surface area contributed by atoms with E-state index in [0.717, 1.165) is 51.4 Å². The number of aliphatic hydroxyl groups is 1. The molecule has 1 aliphatic rings. The molecule has 1 fully saturated rings. The van der Waals surface area contributed by atoms with E-state index in [4.69, 9.17) is 4.74 Å². The Kier molecular flexibility index (Phi) is 6.71. The second-order valence-corrected chi connectivity index (χ2v) is 7.44. The molecule has 3 heteroatoms. The lowest BCUT2D eigenvalue weighted by Gasteiger charge is -2.45. The van der Waals surface area contributed by atoms with Crippen LogP contribution < -0.4 is 0 Å². The Morgan fingerprint density at radius 1 is 1.33 bits per heavy atom. The predicted octanol–water partition coefficient (Wildman–Crippen LogP) is 4.32. The Morgan fingerprint density at radius 3 is 2.33 bits per heavy atom. The molecule has 0 aliphatic heterocycles. The summed E-state index contributed by atoms with van der Waals surface area (Å²) in [6.07, 6.45) is 7.37. The summed E-state index contributed by atoms with van der Waals surface area (Å²) in [6.45, 7) is 8.98. The van der Waals surface area contributed by atoms with E-state index < -0.39 is 5.60 Å². The third-order valence-corrected chi connectivity index (χ3v) is 5.85. The topological polar surface area (TPSA) is 46.5 Å². The van der Waals surface area contributed by atoms with Gasteiger partial charge in [0.25, 0.3) is 0 Å². The number of carbonyl (C=O) groups is 1. The SMILES string of the molecule is CCCCC(C(=O)OC)C1(O)CCC(C(C)(C)CC)CC1. The van der Waals surface area contributed by atoms with Gasteiger partial charge in [-0.3, -0.25) is 4.79 Å². The average Bonchev–Trinajstić information content (AvgIpc) is 2.47. The van der Waals surface area contributed by atoms with E-state index in [1.165, 1.54) is 7.11 Å². The first kappa shape index (κ1) is 18.5. The molecule has 1 N–H and O–H groups in total. The number of hydrogen-bond donors (Lipinski definition) is 1. The van der Waals surface area contributed by atoms with Gasteiger partial charge in [-0.1, -0.05) is 47.0 Å². The molecule has 1 rings (SSSR count). The van der Waals surface area contributed by atoms with Gasteiger partial charge in [-0.2, -0.15) is 0 Å². The number of rotatable bonds is 7. The average molecular weight is 298 g/mol. The Hall–Kier alpha value is -0.570. The van der Waals surface area contributed by atoms with Crippen LogP contribution in [0.4, 0.5) is 0 Å². The molecule has 0 heterocycles. The van der Waals surface area contributed by atoms with Crippen molar-refractivity contribution in [3.8, 4) is 0 Å². The van der Waals surface area contributed by atoms with Crippen molar-refractivity contribution in [2.24, 2.45) is 17.3 Å². The first-order valence-corrected chi connectivity index (χ1v) is 8.61. The fourth-order valence-electron chi connectivity index (χ4n) is 3.69. The molecule has 0 radical (unpaired) electrons. The molecule has 1 saturated carbocycles. The standard InChI is InChI=1S/C18H34O3/c1-6-8-9-15(16(19)21-5)18(20)12-10-14(11-13-18)17(3,4)7-2/h14-15,20H,6-13H2,1-5H3. The van der Waals surface area contributed by atoms with E-state index in [9.17, 15) is 9.90 Å². The number of ether oxygens (including phenoxy) is 1. The first-order valence-electron chi connectivity index (χ1n) is 8.61. The largest absolute Gasteiger partial charge is 0.469 e. The lowest BCUT2D eigenvalue weighted by molar-refractivity contribution is -0.161. The second kappa shape index (κ2) is 7.62. The highest BCUT2D eigenvalue weighted by Gasteiger charge is 2.46. The van der Waals surface area contributed by atoms with Crippen molar-refractivity contribution < 1.29 is 14.6 Å². The summed E-state index contributed by atoms with van der Waals surface area (Å²) in [7, 11) is 1.43. The van der Waals surface area contributed by atoms with Crippen LogP contribution in [-0.2, 0) is 9.53 Å². The van der Waals surface area contributed by atoms with Crippen molar-refractivity contribution in [3.63, 3.8) is 0 Å². The molecule has 1 aliphatic carbocycles. The van der Waals surface area contributed by atoms with Gasteiger partial charge in [-0.25, -0.2) is 0 Å². The van der Waals surface area contributed by atoms with Gasteiger partial charge in [0, 0.05) is 0 Å². The molecule has 0 spiro atoms. The Morgan fingerprint density at radius 2 is 1.90 bits per heavy atom. The number of hydrogen-bond acceptors (Lipinski definition) is 3. The Bertz CT molecular complexity index is 327. The zero-order valence-corrected chi connectivity index (χ0v) is 14.6. The van der Waals surface area contributed by atoms with Gasteiger partial charge in [-0.15, -0.1) is 0 Å². The van der Waals surface area contributed by atoms with E-state index in [0.29, 0.717) is 11.3 Å². The zero-order valence-electron chi connectivity index (χ0n) is 14.6. The minimum atomic E-state index is -0.859. The molecular formula is C18H34O3. The van der Waals surface area contributed by atoms with Crippen LogP contribution in [0.1, 0.15) is 79.1 Å². The molecule has 0 aromatic heterocycles. The smallest absolute Gasteiger partial charge is 0.311 e. The lowest BCUT2D eigenvalue weighted by atomic mass is 9.63. The maximum absolute atomic E-state index is 12.1. The summed E-state index contributed by atoms with van der Waals surface area (Å²) in [5.74, 6) is 0.0551. The molecule has 1 atom stereocenters. The monoisotopic (exact) mass is 298 g/mol. The minimum absolute atomic E-state index is 0.237. The van der Waals surface area contributed by atoms with Gasteiger partial charge in [0.15, 0.2) is 0 Å². The van der Waals surface area contributed by atoms with Crippen molar-refractivity contribution in [3.05, 3.63) is 0 Å². The van der Waals surface area contributed by atoms with Crippen LogP contribution >= 0.6 is 0 Å². The molecule has 0 saturated heterocycles. The van der Waals surface area contributed by atoms with Crippen LogP contribution in [0.5, 0.6) is 0 Å². The van der Waals surface area contributed by atoms with E-state index >= 15 is 0 Å². The molecule has 1 unspecified atom stereocenters. The van der Waals surface area contributed by atoms with Gasteiger partial charge in [0.1, 0.15) is 0 Å². The number of esters is 1.